The van der Waals surface area contributed by atoms with Crippen molar-refractivity contribution in [2.75, 3.05) is 0 Å². The summed E-state index contributed by atoms with van der Waals surface area (Å²) in [5.74, 6) is -0.899. The lowest BCUT2D eigenvalue weighted by atomic mass is 9.86. The Morgan fingerprint density at radius 2 is 2.06 bits per heavy atom. The molecule has 5 heteroatoms. The van der Waals surface area contributed by atoms with Gasteiger partial charge >= 0.3 is 5.97 Å². The third-order valence-corrected chi connectivity index (χ3v) is 3.08. The second-order valence-corrected chi connectivity index (χ2v) is 4.18. The van der Waals surface area contributed by atoms with Crippen molar-refractivity contribution >= 4 is 5.97 Å². The average Bonchev–Trinajstić information content (AvgIpc) is 2.30. The highest BCUT2D eigenvalue weighted by atomic mass is 16.4. The topological polar surface area (TPSA) is 83.0 Å². The minimum absolute atomic E-state index is 0.212. The number of carbonyl (C=O) groups is 1. The number of aromatic amines is 1. The molecule has 1 aromatic rings. The molecule has 0 aromatic carbocycles. The Morgan fingerprint density at radius 1 is 1.38 bits per heavy atom. The maximum Gasteiger partial charge on any atom is 0.341 e. The van der Waals surface area contributed by atoms with Gasteiger partial charge in [0.2, 0.25) is 0 Å². The zero-order valence-corrected chi connectivity index (χ0v) is 8.90. The van der Waals surface area contributed by atoms with Crippen LogP contribution in [0.4, 0.5) is 0 Å². The summed E-state index contributed by atoms with van der Waals surface area (Å²) >= 11 is 0. The van der Waals surface area contributed by atoms with Crippen LogP contribution in [0.3, 0.4) is 0 Å². The molecular weight excluding hydrogens is 208 g/mol. The van der Waals surface area contributed by atoms with Gasteiger partial charge in [0.05, 0.1) is 5.69 Å². The van der Waals surface area contributed by atoms with E-state index in [1.165, 1.54) is 12.5 Å². The van der Waals surface area contributed by atoms with E-state index in [4.69, 9.17) is 5.11 Å². The van der Waals surface area contributed by atoms with Crippen molar-refractivity contribution < 1.29 is 9.90 Å². The van der Waals surface area contributed by atoms with E-state index in [-0.39, 0.29) is 5.56 Å². The fourth-order valence-corrected chi connectivity index (χ4v) is 2.19. The van der Waals surface area contributed by atoms with Gasteiger partial charge in [-0.3, -0.25) is 4.79 Å². The van der Waals surface area contributed by atoms with Crippen LogP contribution >= 0.6 is 0 Å². The van der Waals surface area contributed by atoms with Gasteiger partial charge in [-0.25, -0.2) is 9.89 Å². The Bertz CT molecular complexity index is 447. The van der Waals surface area contributed by atoms with Crippen LogP contribution in [0.1, 0.15) is 54.1 Å². The molecule has 0 radical (unpaired) electrons. The van der Waals surface area contributed by atoms with Crippen molar-refractivity contribution in [3.63, 3.8) is 0 Å². The maximum absolute atomic E-state index is 11.2. The molecule has 86 valence electrons. The van der Waals surface area contributed by atoms with E-state index in [2.05, 4.69) is 10.2 Å². The minimum atomic E-state index is -1.19. The first kappa shape index (κ1) is 10.9. The van der Waals surface area contributed by atoms with Crippen LogP contribution in [0.5, 0.6) is 0 Å². The van der Waals surface area contributed by atoms with Crippen LogP contribution in [0.15, 0.2) is 10.9 Å². The molecule has 0 saturated heterocycles. The quantitative estimate of drug-likeness (QED) is 0.794. The Labute approximate surface area is 92.5 Å². The first-order valence-corrected chi connectivity index (χ1v) is 5.51. The Balaban J connectivity index is 2.31. The van der Waals surface area contributed by atoms with Crippen molar-refractivity contribution in [2.45, 2.75) is 38.0 Å². The standard InChI is InChI=1S/C11H14N2O3/c14-10-8(11(15)16)6-9(12-13-10)7-4-2-1-3-5-7/h6-7H,1-5H2,(H,13,14)(H,15,16). The van der Waals surface area contributed by atoms with Gasteiger partial charge in [-0.15, -0.1) is 0 Å². The van der Waals surface area contributed by atoms with E-state index in [0.29, 0.717) is 11.6 Å². The van der Waals surface area contributed by atoms with Gasteiger partial charge in [-0.1, -0.05) is 19.3 Å². The predicted octanol–water partition coefficient (Wildman–Crippen LogP) is 1.52. The van der Waals surface area contributed by atoms with Gasteiger partial charge in [-0.05, 0) is 18.9 Å². The van der Waals surface area contributed by atoms with Gasteiger partial charge in [0.15, 0.2) is 0 Å². The molecular formula is C11H14N2O3. The van der Waals surface area contributed by atoms with Gasteiger partial charge in [0.1, 0.15) is 5.56 Å². The molecule has 1 aliphatic carbocycles. The smallest absolute Gasteiger partial charge is 0.341 e. The molecule has 0 atom stereocenters. The van der Waals surface area contributed by atoms with E-state index >= 15 is 0 Å². The summed E-state index contributed by atoms with van der Waals surface area (Å²) in [5, 5.41) is 15.0. The SMILES string of the molecule is O=C(O)c1cc(C2CCCCC2)n[nH]c1=O. The highest BCUT2D eigenvalue weighted by Crippen LogP contribution is 2.30. The van der Waals surface area contributed by atoms with Crippen molar-refractivity contribution in [2.24, 2.45) is 0 Å². The normalized spacial score (nSPS) is 17.2. The lowest BCUT2D eigenvalue weighted by molar-refractivity contribution is 0.0694. The summed E-state index contributed by atoms with van der Waals surface area (Å²) in [6, 6.07) is 1.41. The fourth-order valence-electron chi connectivity index (χ4n) is 2.19. The van der Waals surface area contributed by atoms with Crippen LogP contribution < -0.4 is 5.56 Å². The number of aromatic carboxylic acids is 1. The molecule has 0 amide bonds. The molecule has 2 N–H and O–H groups in total. The molecule has 16 heavy (non-hydrogen) atoms. The molecule has 0 aliphatic heterocycles. The summed E-state index contributed by atoms with van der Waals surface area (Å²) in [7, 11) is 0. The van der Waals surface area contributed by atoms with E-state index in [1.54, 1.807) is 0 Å². The predicted molar refractivity (Wildman–Crippen MR) is 57.6 cm³/mol. The van der Waals surface area contributed by atoms with E-state index < -0.39 is 11.5 Å². The van der Waals surface area contributed by atoms with Crippen molar-refractivity contribution in [1.29, 1.82) is 0 Å². The lowest BCUT2D eigenvalue weighted by Gasteiger charge is -2.20. The zero-order chi connectivity index (χ0) is 11.5. The van der Waals surface area contributed by atoms with Crippen LogP contribution in [-0.2, 0) is 0 Å². The van der Waals surface area contributed by atoms with E-state index in [1.807, 2.05) is 0 Å². The molecule has 1 aromatic heterocycles. The summed E-state index contributed by atoms with van der Waals surface area (Å²) in [6.07, 6.45) is 5.57. The number of carboxylic acids is 1. The average molecular weight is 222 g/mol. The van der Waals surface area contributed by atoms with Crippen LogP contribution in [0, 0.1) is 0 Å². The minimum Gasteiger partial charge on any atom is -0.477 e. The van der Waals surface area contributed by atoms with Crippen LogP contribution in [0.2, 0.25) is 0 Å². The number of hydrogen-bond donors (Lipinski definition) is 2. The first-order chi connectivity index (χ1) is 7.68. The number of aromatic nitrogens is 2. The number of carboxylic acid groups (broad SMARTS) is 1. The molecule has 1 saturated carbocycles. The highest BCUT2D eigenvalue weighted by Gasteiger charge is 2.19. The first-order valence-electron chi connectivity index (χ1n) is 5.51. The van der Waals surface area contributed by atoms with E-state index in [9.17, 15) is 9.59 Å². The van der Waals surface area contributed by atoms with Crippen molar-refractivity contribution in [1.82, 2.24) is 10.2 Å². The number of hydrogen-bond acceptors (Lipinski definition) is 3. The summed E-state index contributed by atoms with van der Waals surface area (Å²) in [4.78, 5) is 22.0. The fraction of sp³-hybridized carbons (Fsp3) is 0.545. The molecule has 0 bridgehead atoms. The lowest BCUT2D eigenvalue weighted by Crippen LogP contribution is -2.21. The van der Waals surface area contributed by atoms with Gasteiger partial charge < -0.3 is 5.11 Å². The molecule has 1 heterocycles. The second-order valence-electron chi connectivity index (χ2n) is 4.18. The second kappa shape index (κ2) is 4.47. The Hall–Kier alpha value is -1.65. The highest BCUT2D eigenvalue weighted by molar-refractivity contribution is 5.87. The number of nitrogens with zero attached hydrogens (tertiary/aromatic N) is 1. The van der Waals surface area contributed by atoms with Crippen LogP contribution in [0.25, 0.3) is 0 Å². The van der Waals surface area contributed by atoms with Crippen molar-refractivity contribution in [3.05, 3.63) is 27.7 Å². The third kappa shape index (κ3) is 2.13. The van der Waals surface area contributed by atoms with Crippen molar-refractivity contribution in [3.8, 4) is 0 Å². The van der Waals surface area contributed by atoms with Gasteiger partial charge in [0, 0.05) is 5.92 Å². The molecule has 5 nitrogen and oxygen atoms in total. The molecule has 2 rings (SSSR count). The zero-order valence-electron chi connectivity index (χ0n) is 8.90. The number of H-pyrrole nitrogens is 1. The van der Waals surface area contributed by atoms with Crippen LogP contribution in [-0.4, -0.2) is 21.3 Å². The Kier molecular flexibility index (Phi) is 3.03. The number of nitrogens with one attached hydrogen (secondary N) is 1. The molecule has 1 fully saturated rings. The molecule has 0 spiro atoms. The molecule has 0 unspecified atom stereocenters. The van der Waals surface area contributed by atoms with Gasteiger partial charge in [-0.2, -0.15) is 5.10 Å². The summed E-state index contributed by atoms with van der Waals surface area (Å²) in [6.45, 7) is 0. The maximum atomic E-state index is 11.2. The monoisotopic (exact) mass is 222 g/mol. The van der Waals surface area contributed by atoms with E-state index in [0.717, 1.165) is 25.7 Å². The van der Waals surface area contributed by atoms with Gasteiger partial charge in [0.25, 0.3) is 5.56 Å². The number of rotatable bonds is 2. The summed E-state index contributed by atoms with van der Waals surface area (Å²) < 4.78 is 0. The third-order valence-electron chi connectivity index (χ3n) is 3.08. The largest absolute Gasteiger partial charge is 0.477 e. The molecule has 1 aliphatic rings. The Morgan fingerprint density at radius 3 is 2.69 bits per heavy atom. The summed E-state index contributed by atoms with van der Waals surface area (Å²) in [5.41, 5.74) is -0.140.